The predicted molar refractivity (Wildman–Crippen MR) is 82.7 cm³/mol. The number of rotatable bonds is 5. The number of nitrogens with zero attached hydrogens (tertiary/aromatic N) is 1. The number of aliphatic hydroxyl groups is 1. The van der Waals surface area contributed by atoms with Gasteiger partial charge in [-0.05, 0) is 35.4 Å². The van der Waals surface area contributed by atoms with Gasteiger partial charge < -0.3 is 10.4 Å². The van der Waals surface area contributed by atoms with Crippen molar-refractivity contribution >= 4 is 23.6 Å². The molecule has 1 amide bonds. The number of aliphatic hydroxyl groups excluding tert-OH is 1. The van der Waals surface area contributed by atoms with Crippen molar-refractivity contribution in [2.45, 2.75) is 6.10 Å². The first kappa shape index (κ1) is 16.1. The Hall–Kier alpha value is -2.24. The van der Waals surface area contributed by atoms with Crippen molar-refractivity contribution in [3.05, 3.63) is 70.8 Å². The second kappa shape index (κ2) is 7.68. The molecule has 0 spiro atoms. The highest BCUT2D eigenvalue weighted by molar-refractivity contribution is 6.30. The molecule has 0 radical (unpaired) electrons. The first-order chi connectivity index (χ1) is 10.6. The normalized spacial score (nSPS) is 12.3. The molecule has 2 rings (SSSR count). The Morgan fingerprint density at radius 2 is 2.27 bits per heavy atom. The van der Waals surface area contributed by atoms with Gasteiger partial charge in [0.05, 0.1) is 11.1 Å². The molecular weight excluding hydrogens is 307 g/mol. The van der Waals surface area contributed by atoms with Crippen molar-refractivity contribution in [1.29, 1.82) is 0 Å². The number of hydrogen-bond acceptors (Lipinski definition) is 3. The molecule has 0 saturated carbocycles. The number of carbonyl (C=O) groups is 1. The van der Waals surface area contributed by atoms with E-state index in [-0.39, 0.29) is 17.5 Å². The van der Waals surface area contributed by atoms with E-state index >= 15 is 0 Å². The summed E-state index contributed by atoms with van der Waals surface area (Å²) in [4.78, 5) is 15.6. The number of hydrogen-bond donors (Lipinski definition) is 2. The van der Waals surface area contributed by atoms with Gasteiger partial charge in [-0.2, -0.15) is 0 Å². The van der Waals surface area contributed by atoms with Crippen LogP contribution in [-0.4, -0.2) is 22.5 Å². The summed E-state index contributed by atoms with van der Waals surface area (Å²) in [6.45, 7) is -0.0305. The van der Waals surface area contributed by atoms with Crippen LogP contribution in [0.2, 0.25) is 5.02 Å². The molecule has 22 heavy (non-hydrogen) atoms. The summed E-state index contributed by atoms with van der Waals surface area (Å²) in [5.74, 6) is -0.974. The molecule has 4 nitrogen and oxygen atoms in total. The molecule has 0 aliphatic rings. The summed E-state index contributed by atoms with van der Waals surface area (Å²) in [7, 11) is 0. The number of nitrogens with one attached hydrogen (secondary N) is 1. The zero-order valence-electron chi connectivity index (χ0n) is 11.5. The molecule has 0 fully saturated rings. The molecule has 114 valence electrons. The van der Waals surface area contributed by atoms with Crippen molar-refractivity contribution in [3.63, 3.8) is 0 Å². The fourth-order valence-electron chi connectivity index (χ4n) is 1.74. The largest absolute Gasteiger partial charge is 0.387 e. The van der Waals surface area contributed by atoms with E-state index in [0.29, 0.717) is 5.56 Å². The summed E-state index contributed by atoms with van der Waals surface area (Å²) in [5.41, 5.74) is 1.14. The highest BCUT2D eigenvalue weighted by atomic mass is 35.5. The Kier molecular flexibility index (Phi) is 5.63. The molecule has 0 aliphatic heterocycles. The van der Waals surface area contributed by atoms with Gasteiger partial charge in [0.1, 0.15) is 5.82 Å². The van der Waals surface area contributed by atoms with Crippen LogP contribution in [0.25, 0.3) is 6.08 Å². The molecule has 0 aliphatic carbocycles. The van der Waals surface area contributed by atoms with E-state index in [1.807, 2.05) is 6.07 Å². The summed E-state index contributed by atoms with van der Waals surface area (Å²) in [5, 5.41) is 12.4. The van der Waals surface area contributed by atoms with Crippen molar-refractivity contribution < 1.29 is 14.3 Å². The summed E-state index contributed by atoms with van der Waals surface area (Å²) in [6.07, 6.45) is 5.19. The van der Waals surface area contributed by atoms with E-state index in [1.54, 1.807) is 24.5 Å². The summed E-state index contributed by atoms with van der Waals surface area (Å²) in [6, 6.07) is 7.58. The van der Waals surface area contributed by atoms with Gasteiger partial charge in [0.15, 0.2) is 0 Å². The van der Waals surface area contributed by atoms with Crippen LogP contribution in [-0.2, 0) is 4.79 Å². The molecule has 1 aromatic carbocycles. The minimum atomic E-state index is -1.01. The molecule has 0 saturated heterocycles. The Morgan fingerprint density at radius 3 is 2.95 bits per heavy atom. The summed E-state index contributed by atoms with van der Waals surface area (Å²) < 4.78 is 13.3. The van der Waals surface area contributed by atoms with Crippen molar-refractivity contribution in [1.82, 2.24) is 10.3 Å². The second-order valence-electron chi connectivity index (χ2n) is 4.55. The Bertz CT molecular complexity index is 677. The number of carbonyl (C=O) groups excluding carboxylic acids is 1. The summed E-state index contributed by atoms with van der Waals surface area (Å²) >= 11 is 5.57. The van der Waals surface area contributed by atoms with Crippen molar-refractivity contribution in [2.75, 3.05) is 6.54 Å². The van der Waals surface area contributed by atoms with Crippen LogP contribution in [0.1, 0.15) is 17.2 Å². The second-order valence-corrected chi connectivity index (χ2v) is 4.96. The highest BCUT2D eigenvalue weighted by Gasteiger charge is 2.10. The lowest BCUT2D eigenvalue weighted by Gasteiger charge is -2.11. The van der Waals surface area contributed by atoms with Gasteiger partial charge in [0.2, 0.25) is 5.91 Å². The third-order valence-electron chi connectivity index (χ3n) is 2.91. The number of pyridine rings is 1. The molecular formula is C16H14ClFN2O2. The minimum Gasteiger partial charge on any atom is -0.387 e. The monoisotopic (exact) mass is 320 g/mol. The molecule has 0 bridgehead atoms. The number of halogens is 2. The van der Waals surface area contributed by atoms with Gasteiger partial charge in [-0.3, -0.25) is 9.78 Å². The van der Waals surface area contributed by atoms with E-state index in [2.05, 4.69) is 10.3 Å². The fraction of sp³-hybridized carbons (Fsp3) is 0.125. The van der Waals surface area contributed by atoms with Crippen LogP contribution in [0.4, 0.5) is 4.39 Å². The predicted octanol–water partition coefficient (Wildman–Crippen LogP) is 2.74. The first-order valence-corrected chi connectivity index (χ1v) is 6.93. The van der Waals surface area contributed by atoms with Gasteiger partial charge in [-0.25, -0.2) is 4.39 Å². The molecule has 6 heteroatoms. The lowest BCUT2D eigenvalue weighted by molar-refractivity contribution is -0.116. The van der Waals surface area contributed by atoms with Gasteiger partial charge >= 0.3 is 0 Å². The highest BCUT2D eigenvalue weighted by Crippen LogP contribution is 2.19. The van der Waals surface area contributed by atoms with Crippen LogP contribution in [0.5, 0.6) is 0 Å². The molecule has 1 unspecified atom stereocenters. The molecule has 1 aromatic heterocycles. The van der Waals surface area contributed by atoms with Crippen LogP contribution in [0.15, 0.2) is 48.8 Å². The molecule has 1 atom stereocenters. The SMILES string of the molecule is O=C(/C=C/c1cccnc1)NCC(O)c1ccc(Cl)c(F)c1. The zero-order valence-corrected chi connectivity index (χ0v) is 12.3. The lowest BCUT2D eigenvalue weighted by atomic mass is 10.1. The third kappa shape index (κ3) is 4.65. The third-order valence-corrected chi connectivity index (χ3v) is 3.22. The smallest absolute Gasteiger partial charge is 0.244 e. The quantitative estimate of drug-likeness (QED) is 0.833. The maximum absolute atomic E-state index is 13.3. The van der Waals surface area contributed by atoms with E-state index < -0.39 is 11.9 Å². The first-order valence-electron chi connectivity index (χ1n) is 6.55. The topological polar surface area (TPSA) is 62.2 Å². The molecule has 1 heterocycles. The molecule has 2 N–H and O–H groups in total. The van der Waals surface area contributed by atoms with Crippen LogP contribution in [0, 0.1) is 5.82 Å². The van der Waals surface area contributed by atoms with Crippen LogP contribution < -0.4 is 5.32 Å². The Morgan fingerprint density at radius 1 is 1.45 bits per heavy atom. The average Bonchev–Trinajstić information content (AvgIpc) is 2.54. The number of amides is 1. The Balaban J connectivity index is 1.87. The average molecular weight is 321 g/mol. The van der Waals surface area contributed by atoms with Gasteiger partial charge in [0, 0.05) is 25.0 Å². The Labute approximate surface area is 132 Å². The van der Waals surface area contributed by atoms with E-state index in [0.717, 1.165) is 11.6 Å². The van der Waals surface area contributed by atoms with E-state index in [9.17, 15) is 14.3 Å². The fourth-order valence-corrected chi connectivity index (χ4v) is 1.86. The van der Waals surface area contributed by atoms with E-state index in [1.165, 1.54) is 18.2 Å². The zero-order chi connectivity index (χ0) is 15.9. The van der Waals surface area contributed by atoms with Gasteiger partial charge in [0.25, 0.3) is 0 Å². The number of aromatic nitrogens is 1. The minimum absolute atomic E-state index is 0.0145. The van der Waals surface area contributed by atoms with Crippen molar-refractivity contribution in [2.24, 2.45) is 0 Å². The standard InChI is InChI=1S/C16H14ClFN2O2/c17-13-5-4-12(8-14(13)18)15(21)10-20-16(22)6-3-11-2-1-7-19-9-11/h1-9,15,21H,10H2,(H,20,22)/b6-3+. The van der Waals surface area contributed by atoms with Crippen LogP contribution in [0.3, 0.4) is 0 Å². The van der Waals surface area contributed by atoms with Gasteiger partial charge in [-0.15, -0.1) is 0 Å². The number of benzene rings is 1. The maximum Gasteiger partial charge on any atom is 0.244 e. The maximum atomic E-state index is 13.3. The van der Waals surface area contributed by atoms with Crippen molar-refractivity contribution in [3.8, 4) is 0 Å². The van der Waals surface area contributed by atoms with E-state index in [4.69, 9.17) is 11.6 Å². The lowest BCUT2D eigenvalue weighted by Crippen LogP contribution is -2.26. The molecule has 2 aromatic rings. The van der Waals surface area contributed by atoms with Gasteiger partial charge in [-0.1, -0.05) is 23.7 Å². The van der Waals surface area contributed by atoms with Crippen LogP contribution >= 0.6 is 11.6 Å².